The maximum atomic E-state index is 12.1. The molecule has 116 valence electrons. The van der Waals surface area contributed by atoms with Crippen molar-refractivity contribution in [3.05, 3.63) is 18.2 Å². The van der Waals surface area contributed by atoms with Crippen LogP contribution in [0.25, 0.3) is 11.1 Å². The van der Waals surface area contributed by atoms with E-state index in [2.05, 4.69) is 4.98 Å². The van der Waals surface area contributed by atoms with Gasteiger partial charge in [-0.1, -0.05) is 11.8 Å². The highest BCUT2D eigenvalue weighted by Gasteiger charge is 2.18. The van der Waals surface area contributed by atoms with E-state index in [0.29, 0.717) is 29.5 Å². The molecule has 2 rings (SSSR count). The first-order valence-corrected chi connectivity index (χ1v) is 8.91. The maximum absolute atomic E-state index is 12.1. The van der Waals surface area contributed by atoms with Gasteiger partial charge in [0.1, 0.15) is 5.52 Å². The summed E-state index contributed by atoms with van der Waals surface area (Å²) in [6.07, 6.45) is 0. The maximum Gasteiger partial charge on any atom is 0.256 e. The molecule has 0 bridgehead atoms. The zero-order valence-corrected chi connectivity index (χ0v) is 13.8. The average Bonchev–Trinajstić information content (AvgIpc) is 2.85. The van der Waals surface area contributed by atoms with Crippen LogP contribution in [-0.4, -0.2) is 50.8 Å². The van der Waals surface area contributed by atoms with Gasteiger partial charge in [0, 0.05) is 26.5 Å². The fraction of sp³-hybridized carbons (Fsp3) is 0.462. The molecule has 0 aliphatic heterocycles. The Hall–Kier alpha value is -1.09. The summed E-state index contributed by atoms with van der Waals surface area (Å²) >= 11 is 1.44. The molecule has 2 aromatic rings. The summed E-state index contributed by atoms with van der Waals surface area (Å²) in [7, 11) is -0.464. The number of thioether (sulfide) groups is 1. The van der Waals surface area contributed by atoms with Crippen molar-refractivity contribution in [2.24, 2.45) is 0 Å². The molecule has 0 spiro atoms. The van der Waals surface area contributed by atoms with Gasteiger partial charge < -0.3 is 9.15 Å². The van der Waals surface area contributed by atoms with Crippen molar-refractivity contribution in [2.45, 2.75) is 17.0 Å². The number of rotatable bonds is 7. The van der Waals surface area contributed by atoms with Gasteiger partial charge in [0.2, 0.25) is 10.0 Å². The molecule has 1 heterocycles. The van der Waals surface area contributed by atoms with Crippen molar-refractivity contribution in [3.63, 3.8) is 0 Å². The van der Waals surface area contributed by atoms with Crippen LogP contribution in [-0.2, 0) is 14.8 Å². The molecule has 0 saturated carbocycles. The number of nitrogens with zero attached hydrogens (tertiary/aromatic N) is 2. The van der Waals surface area contributed by atoms with E-state index in [4.69, 9.17) is 9.15 Å². The van der Waals surface area contributed by atoms with Gasteiger partial charge in [0.25, 0.3) is 5.22 Å². The Morgan fingerprint density at radius 2 is 2.14 bits per heavy atom. The molecule has 0 atom stereocenters. The van der Waals surface area contributed by atoms with E-state index in [1.807, 2.05) is 6.92 Å². The van der Waals surface area contributed by atoms with Crippen LogP contribution in [0.2, 0.25) is 0 Å². The molecule has 6 nitrogen and oxygen atoms in total. The highest BCUT2D eigenvalue weighted by Crippen LogP contribution is 2.26. The summed E-state index contributed by atoms with van der Waals surface area (Å²) in [6.45, 7) is 3.25. The molecule has 0 amide bonds. The quantitative estimate of drug-likeness (QED) is 0.572. The third-order valence-corrected chi connectivity index (χ3v) is 5.38. The lowest BCUT2D eigenvalue weighted by Gasteiger charge is -2.10. The summed E-state index contributed by atoms with van der Waals surface area (Å²) < 4.78 is 36.1. The van der Waals surface area contributed by atoms with E-state index in [-0.39, 0.29) is 4.90 Å². The average molecular weight is 330 g/mol. The summed E-state index contributed by atoms with van der Waals surface area (Å²) in [5.41, 5.74) is 1.11. The van der Waals surface area contributed by atoms with Crippen LogP contribution in [0.4, 0.5) is 0 Å². The Bertz CT molecular complexity index is 710. The van der Waals surface area contributed by atoms with E-state index in [1.54, 1.807) is 6.07 Å². The molecular weight excluding hydrogens is 312 g/mol. The normalized spacial score (nSPS) is 12.4. The van der Waals surface area contributed by atoms with Crippen molar-refractivity contribution < 1.29 is 17.6 Å². The van der Waals surface area contributed by atoms with E-state index in [0.717, 1.165) is 5.75 Å². The highest BCUT2D eigenvalue weighted by molar-refractivity contribution is 7.99. The predicted molar refractivity (Wildman–Crippen MR) is 82.1 cm³/mol. The number of benzene rings is 1. The molecule has 0 fully saturated rings. The summed E-state index contributed by atoms with van der Waals surface area (Å²) in [5, 5.41) is 0.518. The number of oxazole rings is 1. The number of aromatic nitrogens is 1. The van der Waals surface area contributed by atoms with Crippen molar-refractivity contribution in [1.82, 2.24) is 9.29 Å². The number of fused-ring (bicyclic) bond motifs is 1. The van der Waals surface area contributed by atoms with Crippen molar-refractivity contribution in [1.29, 1.82) is 0 Å². The third-order valence-electron chi connectivity index (χ3n) is 2.78. The lowest BCUT2D eigenvalue weighted by atomic mass is 10.3. The second-order valence-electron chi connectivity index (χ2n) is 4.44. The molecule has 21 heavy (non-hydrogen) atoms. The molecule has 1 aromatic carbocycles. The van der Waals surface area contributed by atoms with Gasteiger partial charge in [-0.25, -0.2) is 17.7 Å². The second-order valence-corrected chi connectivity index (χ2v) is 7.64. The van der Waals surface area contributed by atoms with E-state index in [9.17, 15) is 8.42 Å². The monoisotopic (exact) mass is 330 g/mol. The molecule has 0 saturated heterocycles. The van der Waals surface area contributed by atoms with Gasteiger partial charge in [0.15, 0.2) is 5.58 Å². The minimum Gasteiger partial charge on any atom is -0.431 e. The molecule has 0 radical (unpaired) electrons. The van der Waals surface area contributed by atoms with Gasteiger partial charge in [-0.3, -0.25) is 0 Å². The molecule has 0 aliphatic rings. The van der Waals surface area contributed by atoms with Gasteiger partial charge in [-0.2, -0.15) is 0 Å². The second kappa shape index (κ2) is 6.78. The standard InChI is InChI=1S/C13H18N2O4S2/c1-4-18-7-8-20-13-14-11-9-10(5-6-12(11)19-13)21(16,17)15(2)3/h5-6,9H,4,7-8H2,1-3H3. The molecule has 0 unspecified atom stereocenters. The van der Waals surface area contributed by atoms with Gasteiger partial charge >= 0.3 is 0 Å². The number of ether oxygens (including phenoxy) is 1. The largest absolute Gasteiger partial charge is 0.431 e. The number of hydrogen-bond donors (Lipinski definition) is 0. The van der Waals surface area contributed by atoms with Gasteiger partial charge in [-0.05, 0) is 25.1 Å². The van der Waals surface area contributed by atoms with Crippen LogP contribution >= 0.6 is 11.8 Å². The van der Waals surface area contributed by atoms with Crippen molar-refractivity contribution in [3.8, 4) is 0 Å². The lowest BCUT2D eigenvalue weighted by molar-refractivity contribution is 0.164. The Balaban J connectivity index is 2.21. The first-order chi connectivity index (χ1) is 9.95. The first-order valence-electron chi connectivity index (χ1n) is 6.49. The Morgan fingerprint density at radius 1 is 1.38 bits per heavy atom. The first kappa shape index (κ1) is 16.3. The Morgan fingerprint density at radius 3 is 2.81 bits per heavy atom. The van der Waals surface area contributed by atoms with Gasteiger partial charge in [0.05, 0.1) is 11.5 Å². The van der Waals surface area contributed by atoms with E-state index in [1.165, 1.54) is 42.3 Å². The lowest BCUT2D eigenvalue weighted by Crippen LogP contribution is -2.22. The summed E-state index contributed by atoms with van der Waals surface area (Å²) in [5.74, 6) is 0.740. The van der Waals surface area contributed by atoms with Crippen LogP contribution in [0, 0.1) is 0 Å². The highest BCUT2D eigenvalue weighted by atomic mass is 32.2. The predicted octanol–water partition coefficient (Wildman–Crippen LogP) is 2.21. The van der Waals surface area contributed by atoms with E-state index >= 15 is 0 Å². The molecule has 0 aliphatic carbocycles. The molecule has 1 aromatic heterocycles. The van der Waals surface area contributed by atoms with Crippen LogP contribution in [0.5, 0.6) is 0 Å². The Labute approximate surface area is 128 Å². The minimum atomic E-state index is -3.46. The molecule has 0 N–H and O–H groups in total. The summed E-state index contributed by atoms with van der Waals surface area (Å²) in [6, 6.07) is 4.68. The number of hydrogen-bond acceptors (Lipinski definition) is 6. The van der Waals surface area contributed by atoms with E-state index < -0.39 is 10.0 Å². The molecular formula is C13H18N2O4S2. The topological polar surface area (TPSA) is 72.6 Å². The van der Waals surface area contributed by atoms with Crippen LogP contribution in [0.1, 0.15) is 6.92 Å². The fourth-order valence-corrected chi connectivity index (χ4v) is 3.26. The smallest absolute Gasteiger partial charge is 0.256 e. The SMILES string of the molecule is CCOCCSc1nc2cc(S(=O)(=O)N(C)C)ccc2o1. The fourth-order valence-electron chi connectivity index (χ4n) is 1.65. The number of sulfonamides is 1. The summed E-state index contributed by atoms with van der Waals surface area (Å²) in [4.78, 5) is 4.51. The van der Waals surface area contributed by atoms with Gasteiger partial charge in [-0.15, -0.1) is 0 Å². The Kier molecular flexibility index (Phi) is 5.26. The van der Waals surface area contributed by atoms with Crippen molar-refractivity contribution in [2.75, 3.05) is 33.1 Å². The zero-order valence-electron chi connectivity index (χ0n) is 12.2. The van der Waals surface area contributed by atoms with Crippen molar-refractivity contribution >= 4 is 32.9 Å². The third kappa shape index (κ3) is 3.76. The van der Waals surface area contributed by atoms with Crippen LogP contribution in [0.15, 0.2) is 32.7 Å². The molecule has 8 heteroatoms. The zero-order chi connectivity index (χ0) is 15.5. The minimum absolute atomic E-state index is 0.208. The van der Waals surface area contributed by atoms with Crippen LogP contribution in [0.3, 0.4) is 0 Å². The van der Waals surface area contributed by atoms with Crippen LogP contribution < -0.4 is 0 Å².